The van der Waals surface area contributed by atoms with E-state index in [0.29, 0.717) is 11.3 Å². The van der Waals surface area contributed by atoms with Crippen LogP contribution in [0.3, 0.4) is 0 Å². The van der Waals surface area contributed by atoms with E-state index >= 15 is 0 Å². The van der Waals surface area contributed by atoms with Gasteiger partial charge in [0.2, 0.25) is 0 Å². The zero-order valence-corrected chi connectivity index (χ0v) is 7.65. The van der Waals surface area contributed by atoms with Crippen LogP contribution in [-0.4, -0.2) is 12.5 Å². The molecule has 0 aliphatic carbocycles. The highest BCUT2D eigenvalue weighted by molar-refractivity contribution is 5.58. The van der Waals surface area contributed by atoms with E-state index in [4.69, 9.17) is 0 Å². The van der Waals surface area contributed by atoms with E-state index in [0.717, 1.165) is 6.92 Å². The van der Waals surface area contributed by atoms with Gasteiger partial charge in [0, 0.05) is 19.2 Å². The van der Waals surface area contributed by atoms with E-state index in [1.54, 1.807) is 0 Å². The number of nitrogens with one attached hydrogen (secondary N) is 1. The normalized spacial score (nSPS) is 20.4. The molecule has 76 valence electrons. The van der Waals surface area contributed by atoms with E-state index in [1.165, 1.54) is 18.2 Å². The third-order valence-electron chi connectivity index (χ3n) is 2.50. The Morgan fingerprint density at radius 3 is 2.79 bits per heavy atom. The highest BCUT2D eigenvalue weighted by atomic mass is 19.3. The number of anilines is 1. The topological polar surface area (TPSA) is 12.0 Å². The molecule has 1 aromatic carbocycles. The highest BCUT2D eigenvalue weighted by Crippen LogP contribution is 2.41. The Kier molecular flexibility index (Phi) is 1.94. The van der Waals surface area contributed by atoms with Crippen molar-refractivity contribution < 1.29 is 13.2 Å². The van der Waals surface area contributed by atoms with Gasteiger partial charge in [0.05, 0.1) is 5.92 Å². The molecule has 1 heterocycles. The first kappa shape index (κ1) is 9.37. The molecule has 1 unspecified atom stereocenters. The number of fused-ring (bicyclic) bond motifs is 1. The van der Waals surface area contributed by atoms with Crippen LogP contribution < -0.4 is 5.32 Å². The van der Waals surface area contributed by atoms with Crippen molar-refractivity contribution in [3.63, 3.8) is 0 Å². The van der Waals surface area contributed by atoms with Crippen LogP contribution in [0.1, 0.15) is 18.4 Å². The molecule has 1 aromatic rings. The molecule has 0 radical (unpaired) electrons. The summed E-state index contributed by atoms with van der Waals surface area (Å²) in [6, 6.07) is 3.94. The molecule has 14 heavy (non-hydrogen) atoms. The summed E-state index contributed by atoms with van der Waals surface area (Å²) in [4.78, 5) is 0. The fourth-order valence-electron chi connectivity index (χ4n) is 1.76. The van der Waals surface area contributed by atoms with E-state index < -0.39 is 17.7 Å². The van der Waals surface area contributed by atoms with Crippen LogP contribution >= 0.6 is 0 Å². The number of hydrogen-bond acceptors (Lipinski definition) is 1. The molecule has 2 rings (SSSR count). The lowest BCUT2D eigenvalue weighted by Crippen LogP contribution is -2.23. The summed E-state index contributed by atoms with van der Waals surface area (Å²) in [6.07, 6.45) is 0. The number of alkyl halides is 2. The molecule has 0 amide bonds. The van der Waals surface area contributed by atoms with Crippen molar-refractivity contribution in [2.24, 2.45) is 0 Å². The van der Waals surface area contributed by atoms with Crippen LogP contribution in [0.5, 0.6) is 0 Å². The SMILES string of the molecule is CC(F)(F)C1CNc2ccc(F)cc21. The van der Waals surface area contributed by atoms with Gasteiger partial charge in [0.25, 0.3) is 5.92 Å². The minimum Gasteiger partial charge on any atom is -0.384 e. The first-order valence-electron chi connectivity index (χ1n) is 4.39. The molecule has 0 saturated heterocycles. The lowest BCUT2D eigenvalue weighted by Gasteiger charge is -2.18. The molecular weight excluding hydrogens is 191 g/mol. The molecule has 1 aliphatic heterocycles. The first-order valence-corrected chi connectivity index (χ1v) is 4.39. The summed E-state index contributed by atoms with van der Waals surface area (Å²) in [5, 5.41) is 2.84. The van der Waals surface area contributed by atoms with E-state index in [1.807, 2.05) is 0 Å². The average Bonchev–Trinajstić information content (AvgIpc) is 2.45. The number of rotatable bonds is 1. The van der Waals surface area contributed by atoms with Crippen LogP contribution in [0.25, 0.3) is 0 Å². The van der Waals surface area contributed by atoms with Gasteiger partial charge in [0.15, 0.2) is 0 Å². The lowest BCUT2D eigenvalue weighted by molar-refractivity contribution is -0.00190. The van der Waals surface area contributed by atoms with Crippen LogP contribution in [0, 0.1) is 5.82 Å². The Balaban J connectivity index is 2.43. The second kappa shape index (κ2) is 2.90. The molecule has 0 aromatic heterocycles. The quantitative estimate of drug-likeness (QED) is 0.736. The number of halogens is 3. The highest BCUT2D eigenvalue weighted by Gasteiger charge is 2.39. The van der Waals surface area contributed by atoms with Crippen molar-refractivity contribution in [3.05, 3.63) is 29.6 Å². The van der Waals surface area contributed by atoms with Gasteiger partial charge in [-0.15, -0.1) is 0 Å². The standard InChI is InChI=1S/C10H10F3N/c1-10(12,13)8-5-14-9-3-2-6(11)4-7(8)9/h2-4,8,14H,5H2,1H3. The molecule has 0 spiro atoms. The molecular formula is C10H10F3N. The molecule has 1 N–H and O–H groups in total. The van der Waals surface area contributed by atoms with Crippen molar-refractivity contribution in [1.82, 2.24) is 0 Å². The van der Waals surface area contributed by atoms with Gasteiger partial charge in [0.1, 0.15) is 5.82 Å². The van der Waals surface area contributed by atoms with Crippen molar-refractivity contribution in [2.45, 2.75) is 18.8 Å². The molecule has 1 aliphatic rings. The smallest absolute Gasteiger partial charge is 0.253 e. The summed E-state index contributed by atoms with van der Waals surface area (Å²) in [5.41, 5.74) is 0.982. The Bertz CT molecular complexity index is 357. The Morgan fingerprint density at radius 2 is 2.14 bits per heavy atom. The second-order valence-electron chi connectivity index (χ2n) is 3.62. The zero-order valence-electron chi connectivity index (χ0n) is 7.65. The largest absolute Gasteiger partial charge is 0.384 e. The molecule has 1 atom stereocenters. The van der Waals surface area contributed by atoms with Crippen molar-refractivity contribution in [1.29, 1.82) is 0 Å². The number of hydrogen-bond donors (Lipinski definition) is 1. The van der Waals surface area contributed by atoms with E-state index in [2.05, 4.69) is 5.32 Å². The van der Waals surface area contributed by atoms with Gasteiger partial charge in [-0.2, -0.15) is 0 Å². The Labute approximate surface area is 79.9 Å². The minimum absolute atomic E-state index is 0.169. The fourth-order valence-corrected chi connectivity index (χ4v) is 1.76. The molecule has 4 heteroatoms. The first-order chi connectivity index (χ1) is 6.48. The minimum atomic E-state index is -2.81. The summed E-state index contributed by atoms with van der Waals surface area (Å²) in [6.45, 7) is 1.03. The second-order valence-corrected chi connectivity index (χ2v) is 3.62. The summed E-state index contributed by atoms with van der Waals surface area (Å²) in [7, 11) is 0. The average molecular weight is 201 g/mol. The van der Waals surface area contributed by atoms with Crippen LogP contribution in [0.4, 0.5) is 18.9 Å². The predicted octanol–water partition coefficient (Wildman–Crippen LogP) is 2.99. The zero-order chi connectivity index (χ0) is 10.3. The maximum absolute atomic E-state index is 13.1. The molecule has 0 saturated carbocycles. The van der Waals surface area contributed by atoms with Crippen molar-refractivity contribution >= 4 is 5.69 Å². The third-order valence-corrected chi connectivity index (χ3v) is 2.50. The van der Waals surface area contributed by atoms with E-state index in [9.17, 15) is 13.2 Å². The monoisotopic (exact) mass is 201 g/mol. The van der Waals surface area contributed by atoms with Crippen molar-refractivity contribution in [3.8, 4) is 0 Å². The third kappa shape index (κ3) is 1.45. The lowest BCUT2D eigenvalue weighted by atomic mass is 9.95. The van der Waals surface area contributed by atoms with Gasteiger partial charge in [-0.05, 0) is 23.8 Å². The predicted molar refractivity (Wildman–Crippen MR) is 48.3 cm³/mol. The van der Waals surface area contributed by atoms with Gasteiger partial charge < -0.3 is 5.32 Å². The maximum atomic E-state index is 13.1. The van der Waals surface area contributed by atoms with E-state index in [-0.39, 0.29) is 6.54 Å². The summed E-state index contributed by atoms with van der Waals surface area (Å²) < 4.78 is 39.0. The maximum Gasteiger partial charge on any atom is 0.253 e. The molecule has 0 fully saturated rings. The Hall–Kier alpha value is -1.19. The van der Waals surface area contributed by atoms with Crippen molar-refractivity contribution in [2.75, 3.05) is 11.9 Å². The van der Waals surface area contributed by atoms with Crippen LogP contribution in [-0.2, 0) is 0 Å². The van der Waals surface area contributed by atoms with Gasteiger partial charge >= 0.3 is 0 Å². The molecule has 0 bridgehead atoms. The van der Waals surface area contributed by atoms with Gasteiger partial charge in [-0.3, -0.25) is 0 Å². The summed E-state index contributed by atoms with van der Waals surface area (Å²) in [5.74, 6) is -4.21. The fraction of sp³-hybridized carbons (Fsp3) is 0.400. The van der Waals surface area contributed by atoms with Gasteiger partial charge in [-0.1, -0.05) is 0 Å². The summed E-state index contributed by atoms with van der Waals surface area (Å²) >= 11 is 0. The van der Waals surface area contributed by atoms with Crippen LogP contribution in [0.2, 0.25) is 0 Å². The van der Waals surface area contributed by atoms with Crippen LogP contribution in [0.15, 0.2) is 18.2 Å². The van der Waals surface area contributed by atoms with Gasteiger partial charge in [-0.25, -0.2) is 13.2 Å². The molecule has 1 nitrogen and oxygen atoms in total. The number of benzene rings is 1. The Morgan fingerprint density at radius 1 is 1.43 bits per heavy atom.